The van der Waals surface area contributed by atoms with Gasteiger partial charge in [-0.2, -0.15) is 23.3 Å². The van der Waals surface area contributed by atoms with Crippen molar-refractivity contribution in [1.29, 1.82) is 0 Å². The molecule has 37 heavy (non-hydrogen) atoms. The molecule has 5 aromatic rings. The summed E-state index contributed by atoms with van der Waals surface area (Å²) in [6.07, 6.45) is -4.68. The molecule has 188 valence electrons. The Morgan fingerprint density at radius 2 is 1.70 bits per heavy atom. The molecule has 0 atom stereocenters. The first kappa shape index (κ1) is 24.0. The molecule has 0 radical (unpaired) electrons. The number of rotatable bonds is 6. The van der Waals surface area contributed by atoms with Crippen LogP contribution in [0.15, 0.2) is 59.1 Å². The van der Waals surface area contributed by atoms with E-state index in [2.05, 4.69) is 20.2 Å². The van der Waals surface area contributed by atoms with Gasteiger partial charge < -0.3 is 15.0 Å². The van der Waals surface area contributed by atoms with Crippen molar-refractivity contribution >= 4 is 11.6 Å². The molecular weight excluding hydrogens is 489 g/mol. The molecule has 5 rings (SSSR count). The van der Waals surface area contributed by atoms with E-state index in [-0.39, 0.29) is 35.4 Å². The van der Waals surface area contributed by atoms with Crippen LogP contribution in [-0.2, 0) is 11.0 Å². The van der Waals surface area contributed by atoms with Crippen LogP contribution in [0.4, 0.5) is 13.2 Å². The van der Waals surface area contributed by atoms with E-state index in [9.17, 15) is 18.0 Å². The van der Waals surface area contributed by atoms with Gasteiger partial charge in [-0.1, -0.05) is 17.3 Å². The Labute approximate surface area is 207 Å². The average Bonchev–Trinajstić information content (AvgIpc) is 3.51. The zero-order valence-electron chi connectivity index (χ0n) is 19.6. The van der Waals surface area contributed by atoms with Crippen molar-refractivity contribution in [2.45, 2.75) is 20.0 Å². The predicted octanol–water partition coefficient (Wildman–Crippen LogP) is 4.61. The van der Waals surface area contributed by atoms with E-state index in [1.165, 1.54) is 6.07 Å². The second kappa shape index (κ2) is 9.04. The summed E-state index contributed by atoms with van der Waals surface area (Å²) in [6.45, 7) is 3.54. The molecule has 3 heterocycles. The molecule has 2 N–H and O–H groups in total. The highest BCUT2D eigenvalue weighted by Gasteiger charge is 2.35. The van der Waals surface area contributed by atoms with Crippen molar-refractivity contribution in [3.8, 4) is 40.0 Å². The first-order valence-electron chi connectivity index (χ1n) is 11.0. The van der Waals surface area contributed by atoms with Crippen molar-refractivity contribution in [2.24, 2.45) is 5.73 Å². The number of hydrogen-bond donors (Lipinski definition) is 1. The number of halogens is 3. The maximum absolute atomic E-state index is 13.9. The minimum Gasteiger partial charge on any atom is -0.484 e. The summed E-state index contributed by atoms with van der Waals surface area (Å²) in [6, 6.07) is 14.1. The lowest BCUT2D eigenvalue weighted by Gasteiger charge is -2.11. The Balaban J connectivity index is 1.51. The van der Waals surface area contributed by atoms with Crippen LogP contribution in [0.1, 0.15) is 16.8 Å². The average molecular weight is 508 g/mol. The Hall–Kier alpha value is -4.74. The van der Waals surface area contributed by atoms with Gasteiger partial charge in [-0.05, 0) is 61.4 Å². The Bertz CT molecular complexity index is 1620. The minimum atomic E-state index is -4.68. The number of alkyl halides is 3. The molecule has 0 saturated heterocycles. The molecule has 0 fully saturated rings. The number of ether oxygens (including phenoxy) is 1. The Morgan fingerprint density at radius 1 is 0.973 bits per heavy atom. The number of primary amides is 1. The molecule has 0 unspecified atom stereocenters. The number of aryl methyl sites for hydroxylation is 2. The van der Waals surface area contributed by atoms with Crippen molar-refractivity contribution in [2.75, 3.05) is 6.61 Å². The first-order valence-corrected chi connectivity index (χ1v) is 11.0. The fourth-order valence-corrected chi connectivity index (χ4v) is 3.63. The number of carbonyl (C=O) groups excluding carboxylic acids is 1. The Morgan fingerprint density at radius 3 is 2.38 bits per heavy atom. The van der Waals surface area contributed by atoms with E-state index >= 15 is 0 Å². The SMILES string of the molecule is Cc1ccc(-c2cc(C(F)(F)F)n3nc(-c4nc(-c5ccc(OCC(N)=O)cc5)no4)cc3n2)cc1C. The third kappa shape index (κ3) is 4.85. The van der Waals surface area contributed by atoms with E-state index in [1.807, 2.05) is 19.9 Å². The number of benzene rings is 2. The highest BCUT2D eigenvalue weighted by molar-refractivity contribution is 5.75. The molecule has 1 amide bonds. The van der Waals surface area contributed by atoms with E-state index in [1.54, 1.807) is 36.4 Å². The zero-order valence-corrected chi connectivity index (χ0v) is 19.6. The van der Waals surface area contributed by atoms with Gasteiger partial charge in [-0.15, -0.1) is 0 Å². The molecule has 12 heteroatoms. The number of nitrogens with two attached hydrogens (primary N) is 1. The molecule has 0 aliphatic rings. The summed E-state index contributed by atoms with van der Waals surface area (Å²) < 4.78 is 53.1. The van der Waals surface area contributed by atoms with Crippen molar-refractivity contribution < 1.29 is 27.2 Å². The molecule has 0 spiro atoms. The van der Waals surface area contributed by atoms with Gasteiger partial charge in [0, 0.05) is 17.2 Å². The molecule has 0 aliphatic heterocycles. The monoisotopic (exact) mass is 508 g/mol. The first-order chi connectivity index (χ1) is 17.6. The molecule has 3 aromatic heterocycles. The van der Waals surface area contributed by atoms with Gasteiger partial charge in [0.15, 0.2) is 23.6 Å². The van der Waals surface area contributed by atoms with Crippen LogP contribution in [0.3, 0.4) is 0 Å². The molecular formula is C25H19F3N6O3. The molecule has 0 aliphatic carbocycles. The second-order valence-corrected chi connectivity index (χ2v) is 8.33. The van der Waals surface area contributed by atoms with Gasteiger partial charge in [0.25, 0.3) is 11.8 Å². The number of fused-ring (bicyclic) bond motifs is 1. The molecule has 2 aromatic carbocycles. The van der Waals surface area contributed by atoms with Crippen LogP contribution < -0.4 is 10.5 Å². The zero-order chi connectivity index (χ0) is 26.3. The topological polar surface area (TPSA) is 121 Å². The largest absolute Gasteiger partial charge is 0.484 e. The van der Waals surface area contributed by atoms with Gasteiger partial charge in [0.1, 0.15) is 5.75 Å². The van der Waals surface area contributed by atoms with Crippen LogP contribution in [0.2, 0.25) is 0 Å². The maximum atomic E-state index is 13.9. The molecule has 0 saturated carbocycles. The van der Waals surface area contributed by atoms with E-state index in [4.69, 9.17) is 15.0 Å². The van der Waals surface area contributed by atoms with Crippen LogP contribution in [0.25, 0.3) is 39.9 Å². The number of amides is 1. The third-order valence-corrected chi connectivity index (χ3v) is 5.66. The van der Waals surface area contributed by atoms with Crippen LogP contribution >= 0.6 is 0 Å². The quantitative estimate of drug-likeness (QED) is 0.355. The smallest absolute Gasteiger partial charge is 0.433 e. The van der Waals surface area contributed by atoms with Gasteiger partial charge in [0.05, 0.1) is 5.69 Å². The lowest BCUT2D eigenvalue weighted by atomic mass is 10.0. The number of carbonyl (C=O) groups is 1. The highest BCUT2D eigenvalue weighted by Crippen LogP contribution is 2.34. The summed E-state index contributed by atoms with van der Waals surface area (Å²) >= 11 is 0. The summed E-state index contributed by atoms with van der Waals surface area (Å²) in [5.74, 6) is -0.0794. The maximum Gasteiger partial charge on any atom is 0.433 e. The van der Waals surface area contributed by atoms with Crippen molar-refractivity contribution in [3.05, 3.63) is 71.4 Å². The van der Waals surface area contributed by atoms with Crippen LogP contribution in [0.5, 0.6) is 5.75 Å². The summed E-state index contributed by atoms with van der Waals surface area (Å²) in [4.78, 5) is 19.5. The number of aromatic nitrogens is 5. The van der Waals surface area contributed by atoms with Crippen LogP contribution in [-0.4, -0.2) is 37.3 Å². The van der Waals surface area contributed by atoms with Gasteiger partial charge in [-0.25, -0.2) is 9.50 Å². The normalized spacial score (nSPS) is 11.7. The third-order valence-electron chi connectivity index (χ3n) is 5.66. The fourth-order valence-electron chi connectivity index (χ4n) is 3.63. The molecule has 0 bridgehead atoms. The van der Waals surface area contributed by atoms with Gasteiger partial charge in [-0.3, -0.25) is 4.79 Å². The predicted molar refractivity (Wildman–Crippen MR) is 126 cm³/mol. The molecule has 9 nitrogen and oxygen atoms in total. The number of nitrogens with zero attached hydrogens (tertiary/aromatic N) is 5. The second-order valence-electron chi connectivity index (χ2n) is 8.33. The number of hydrogen-bond acceptors (Lipinski definition) is 7. The standard InChI is InChI=1S/C25H19F3N6O3/c1-13-3-4-16(9-14(13)2)18-10-20(25(26,27)28)34-22(30-18)11-19(32-34)24-31-23(33-37-24)15-5-7-17(8-6-15)36-12-21(29)35/h3-11H,12H2,1-2H3,(H2,29,35). The summed E-state index contributed by atoms with van der Waals surface area (Å²) in [7, 11) is 0. The minimum absolute atomic E-state index is 0.0197. The fraction of sp³-hybridized carbons (Fsp3) is 0.160. The Kier molecular flexibility index (Phi) is 5.86. The highest BCUT2D eigenvalue weighted by atomic mass is 19.4. The van der Waals surface area contributed by atoms with Gasteiger partial charge >= 0.3 is 6.18 Å². The van der Waals surface area contributed by atoms with Crippen molar-refractivity contribution in [1.82, 2.24) is 24.7 Å². The summed E-state index contributed by atoms with van der Waals surface area (Å²) in [5.41, 5.74) is 7.33. The van der Waals surface area contributed by atoms with E-state index < -0.39 is 17.8 Å². The summed E-state index contributed by atoms with van der Waals surface area (Å²) in [5, 5.41) is 7.95. The van der Waals surface area contributed by atoms with Crippen LogP contribution in [0, 0.1) is 13.8 Å². The van der Waals surface area contributed by atoms with E-state index in [0.717, 1.165) is 17.2 Å². The van der Waals surface area contributed by atoms with E-state index in [0.29, 0.717) is 21.4 Å². The lowest BCUT2D eigenvalue weighted by Crippen LogP contribution is -2.19. The van der Waals surface area contributed by atoms with Crippen molar-refractivity contribution in [3.63, 3.8) is 0 Å². The lowest BCUT2D eigenvalue weighted by molar-refractivity contribution is -0.142. The van der Waals surface area contributed by atoms with Gasteiger partial charge in [0.2, 0.25) is 5.82 Å².